The molecule has 4 heteroatoms. The Labute approximate surface area is 76.0 Å². The van der Waals surface area contributed by atoms with Crippen LogP contribution in [-0.4, -0.2) is 16.1 Å². The van der Waals surface area contributed by atoms with E-state index in [-0.39, 0.29) is 0 Å². The molecule has 13 heavy (non-hydrogen) atoms. The monoisotopic (exact) mass is 181 g/mol. The second-order valence-corrected chi connectivity index (χ2v) is 2.88. The van der Waals surface area contributed by atoms with Crippen LogP contribution in [0.4, 0.5) is 0 Å². The molecule has 1 aromatic carbocycles. The van der Waals surface area contributed by atoms with Crippen molar-refractivity contribution in [1.29, 1.82) is 0 Å². The van der Waals surface area contributed by atoms with E-state index in [9.17, 15) is 15.2 Å². The third-order valence-electron chi connectivity index (χ3n) is 1.83. The number of hydrogen-bond donors (Lipinski definition) is 1. The Hall–Kier alpha value is -1.42. The normalized spacial score (nSPS) is 14.9. The molecular weight excluding hydrogens is 170 g/mol. The van der Waals surface area contributed by atoms with Gasteiger partial charge in [0.25, 0.3) is 6.04 Å². The summed E-state index contributed by atoms with van der Waals surface area (Å²) in [6.07, 6.45) is -0.975. The third kappa shape index (κ3) is 2.26. The molecule has 2 atom stereocenters. The number of hydrogen-bond acceptors (Lipinski definition) is 3. The first-order valence-corrected chi connectivity index (χ1v) is 3.99. The molecule has 4 nitrogen and oxygen atoms in total. The maximum atomic E-state index is 10.6. The van der Waals surface area contributed by atoms with E-state index < -0.39 is 17.1 Å². The van der Waals surface area contributed by atoms with Crippen LogP contribution in [0.25, 0.3) is 0 Å². The Balaban J connectivity index is 2.96. The van der Waals surface area contributed by atoms with E-state index in [1.807, 2.05) is 0 Å². The summed E-state index contributed by atoms with van der Waals surface area (Å²) in [5.74, 6) is 0. The van der Waals surface area contributed by atoms with Gasteiger partial charge in [0.05, 0.1) is 0 Å². The Morgan fingerprint density at radius 1 is 1.38 bits per heavy atom. The van der Waals surface area contributed by atoms with Crippen molar-refractivity contribution < 1.29 is 10.0 Å². The van der Waals surface area contributed by atoms with Crippen LogP contribution < -0.4 is 0 Å². The zero-order valence-electron chi connectivity index (χ0n) is 7.25. The summed E-state index contributed by atoms with van der Waals surface area (Å²) in [5, 5.41) is 19.8. The molecule has 0 fully saturated rings. The molecular formula is C9H11NO3. The van der Waals surface area contributed by atoms with E-state index in [0.717, 1.165) is 0 Å². The van der Waals surface area contributed by atoms with Crippen LogP contribution in [0.3, 0.4) is 0 Å². The van der Waals surface area contributed by atoms with Crippen LogP contribution in [-0.2, 0) is 0 Å². The summed E-state index contributed by atoms with van der Waals surface area (Å²) in [4.78, 5) is 10.1. The second kappa shape index (κ2) is 4.00. The molecule has 0 aliphatic rings. The third-order valence-corrected chi connectivity index (χ3v) is 1.83. The van der Waals surface area contributed by atoms with Crippen molar-refractivity contribution in [3.63, 3.8) is 0 Å². The van der Waals surface area contributed by atoms with Crippen LogP contribution in [0.5, 0.6) is 0 Å². The number of nitro groups is 1. The van der Waals surface area contributed by atoms with E-state index in [1.165, 1.54) is 6.92 Å². The predicted octanol–water partition coefficient (Wildman–Crippen LogP) is 1.39. The molecule has 1 N–H and O–H groups in total. The summed E-state index contributed by atoms with van der Waals surface area (Å²) in [5.41, 5.74) is 0.530. The van der Waals surface area contributed by atoms with Gasteiger partial charge in [-0.05, 0) is 6.92 Å². The fraction of sp³-hybridized carbons (Fsp3) is 0.333. The Morgan fingerprint density at radius 3 is 2.31 bits per heavy atom. The van der Waals surface area contributed by atoms with Crippen molar-refractivity contribution in [2.24, 2.45) is 0 Å². The van der Waals surface area contributed by atoms with E-state index >= 15 is 0 Å². The predicted molar refractivity (Wildman–Crippen MR) is 47.9 cm³/mol. The fourth-order valence-electron chi connectivity index (χ4n) is 1.23. The quantitative estimate of drug-likeness (QED) is 0.566. The van der Waals surface area contributed by atoms with Gasteiger partial charge in [0, 0.05) is 10.5 Å². The minimum Gasteiger partial charge on any atom is -0.386 e. The minimum atomic E-state index is -1.03. The van der Waals surface area contributed by atoms with Gasteiger partial charge in [-0.15, -0.1) is 0 Å². The average Bonchev–Trinajstić information content (AvgIpc) is 2.04. The minimum absolute atomic E-state index is 0.472. The van der Waals surface area contributed by atoms with Crippen molar-refractivity contribution >= 4 is 0 Å². The van der Waals surface area contributed by atoms with Crippen molar-refractivity contribution in [3.05, 3.63) is 46.0 Å². The summed E-state index contributed by atoms with van der Waals surface area (Å²) in [6.45, 7) is 1.42. The number of aliphatic hydroxyl groups excluding tert-OH is 1. The lowest BCUT2D eigenvalue weighted by Crippen LogP contribution is -2.22. The second-order valence-electron chi connectivity index (χ2n) is 2.88. The van der Waals surface area contributed by atoms with Gasteiger partial charge in [0.1, 0.15) is 6.10 Å². The lowest BCUT2D eigenvalue weighted by atomic mass is 10.0. The molecule has 0 radical (unpaired) electrons. The first kappa shape index (κ1) is 9.67. The van der Waals surface area contributed by atoms with Crippen molar-refractivity contribution in [1.82, 2.24) is 0 Å². The van der Waals surface area contributed by atoms with E-state index in [2.05, 4.69) is 0 Å². The molecule has 0 saturated heterocycles. The van der Waals surface area contributed by atoms with Gasteiger partial charge >= 0.3 is 0 Å². The summed E-state index contributed by atoms with van der Waals surface area (Å²) >= 11 is 0. The highest BCUT2D eigenvalue weighted by Crippen LogP contribution is 2.19. The van der Waals surface area contributed by atoms with Gasteiger partial charge in [-0.1, -0.05) is 30.3 Å². The fourth-order valence-corrected chi connectivity index (χ4v) is 1.23. The Bertz CT molecular complexity index is 284. The summed E-state index contributed by atoms with van der Waals surface area (Å²) < 4.78 is 0. The van der Waals surface area contributed by atoms with Gasteiger partial charge < -0.3 is 5.11 Å². The molecule has 1 aromatic rings. The molecule has 2 unspecified atom stereocenters. The number of benzene rings is 1. The highest BCUT2D eigenvalue weighted by molar-refractivity contribution is 5.18. The molecule has 0 aliphatic carbocycles. The first-order chi connectivity index (χ1) is 6.13. The maximum Gasteiger partial charge on any atom is 0.263 e. The topological polar surface area (TPSA) is 63.4 Å². The molecule has 70 valence electrons. The van der Waals surface area contributed by atoms with Crippen LogP contribution in [0.15, 0.2) is 30.3 Å². The zero-order valence-corrected chi connectivity index (χ0v) is 7.25. The van der Waals surface area contributed by atoms with Gasteiger partial charge in [-0.3, -0.25) is 10.1 Å². The first-order valence-electron chi connectivity index (χ1n) is 3.99. The Kier molecular flexibility index (Phi) is 2.97. The average molecular weight is 181 g/mol. The van der Waals surface area contributed by atoms with E-state index in [4.69, 9.17) is 0 Å². The van der Waals surface area contributed by atoms with E-state index in [0.29, 0.717) is 5.56 Å². The van der Waals surface area contributed by atoms with Crippen molar-refractivity contribution in [2.75, 3.05) is 0 Å². The Morgan fingerprint density at radius 2 is 1.92 bits per heavy atom. The number of nitrogens with zero attached hydrogens (tertiary/aromatic N) is 1. The van der Waals surface area contributed by atoms with Crippen LogP contribution in [0.2, 0.25) is 0 Å². The van der Waals surface area contributed by atoms with Crippen LogP contribution in [0.1, 0.15) is 18.5 Å². The van der Waals surface area contributed by atoms with Gasteiger partial charge in [0.15, 0.2) is 0 Å². The molecule has 0 bridgehead atoms. The summed E-state index contributed by atoms with van der Waals surface area (Å²) in [7, 11) is 0. The molecule has 0 aliphatic heterocycles. The van der Waals surface area contributed by atoms with E-state index in [1.54, 1.807) is 30.3 Å². The number of aliphatic hydroxyl groups is 1. The van der Waals surface area contributed by atoms with Crippen molar-refractivity contribution in [2.45, 2.75) is 19.1 Å². The lowest BCUT2D eigenvalue weighted by Gasteiger charge is -2.11. The molecule has 0 aromatic heterocycles. The summed E-state index contributed by atoms with van der Waals surface area (Å²) in [6, 6.07) is 7.46. The molecule has 0 spiro atoms. The molecule has 0 saturated carbocycles. The largest absolute Gasteiger partial charge is 0.386 e. The smallest absolute Gasteiger partial charge is 0.263 e. The molecule has 0 heterocycles. The van der Waals surface area contributed by atoms with Crippen molar-refractivity contribution in [3.8, 4) is 0 Å². The van der Waals surface area contributed by atoms with Gasteiger partial charge in [-0.25, -0.2) is 0 Å². The maximum absolute atomic E-state index is 10.6. The highest BCUT2D eigenvalue weighted by atomic mass is 16.6. The zero-order chi connectivity index (χ0) is 9.84. The van der Waals surface area contributed by atoms with Crippen LogP contribution >= 0.6 is 0 Å². The highest BCUT2D eigenvalue weighted by Gasteiger charge is 2.27. The SMILES string of the molecule is CC(O)C(c1ccccc1)[N+](=O)[O-]. The standard InChI is InChI=1S/C9H11NO3/c1-7(11)9(10(12)13)8-5-3-2-4-6-8/h2-7,9,11H,1H3. The van der Waals surface area contributed by atoms with Crippen LogP contribution in [0, 0.1) is 10.1 Å². The molecule has 1 rings (SSSR count). The molecule has 0 amide bonds. The van der Waals surface area contributed by atoms with Gasteiger partial charge in [0.2, 0.25) is 0 Å². The lowest BCUT2D eigenvalue weighted by molar-refractivity contribution is -0.540. The van der Waals surface area contributed by atoms with Gasteiger partial charge in [-0.2, -0.15) is 0 Å². The number of rotatable bonds is 3.